The highest BCUT2D eigenvalue weighted by molar-refractivity contribution is 5.67. The van der Waals surface area contributed by atoms with Crippen LogP contribution in [0.2, 0.25) is 0 Å². The standard InChI is InChI=1S/C24H27NO4/c1-17-5-4-6-18(2)24(17)29-16-15-25-20(10-14-23(26)27)9-13-22(25)19-7-11-21(28-3)12-8-19/h4-9,11-13H,10,14-16H2,1-3H3,(H,26,27). The molecule has 0 spiro atoms. The first-order valence-corrected chi connectivity index (χ1v) is 9.73. The number of carbonyl (C=O) groups is 1. The summed E-state index contributed by atoms with van der Waals surface area (Å²) < 4.78 is 13.5. The molecule has 3 rings (SSSR count). The van der Waals surface area contributed by atoms with Gasteiger partial charge in [-0.3, -0.25) is 4.79 Å². The van der Waals surface area contributed by atoms with E-state index in [1.165, 1.54) is 0 Å². The molecular weight excluding hydrogens is 366 g/mol. The van der Waals surface area contributed by atoms with Crippen LogP contribution in [-0.4, -0.2) is 29.4 Å². The number of aliphatic carboxylic acids is 1. The van der Waals surface area contributed by atoms with E-state index in [2.05, 4.69) is 4.57 Å². The predicted molar refractivity (Wildman–Crippen MR) is 114 cm³/mol. The number of methoxy groups -OCH3 is 1. The van der Waals surface area contributed by atoms with Gasteiger partial charge < -0.3 is 19.1 Å². The summed E-state index contributed by atoms with van der Waals surface area (Å²) in [6.45, 7) is 5.22. The summed E-state index contributed by atoms with van der Waals surface area (Å²) in [6.07, 6.45) is 0.582. The monoisotopic (exact) mass is 393 g/mol. The summed E-state index contributed by atoms with van der Waals surface area (Å²) in [5, 5.41) is 9.09. The summed E-state index contributed by atoms with van der Waals surface area (Å²) >= 11 is 0. The van der Waals surface area contributed by atoms with E-state index >= 15 is 0 Å². The van der Waals surface area contributed by atoms with Crippen molar-refractivity contribution in [2.75, 3.05) is 13.7 Å². The van der Waals surface area contributed by atoms with E-state index in [0.29, 0.717) is 19.6 Å². The number of ether oxygens (including phenoxy) is 2. The van der Waals surface area contributed by atoms with Crippen molar-refractivity contribution in [2.45, 2.75) is 33.2 Å². The molecule has 0 atom stereocenters. The minimum atomic E-state index is -0.796. The number of aryl methyl sites for hydroxylation is 3. The molecule has 0 radical (unpaired) electrons. The molecule has 5 nitrogen and oxygen atoms in total. The molecule has 0 saturated carbocycles. The van der Waals surface area contributed by atoms with Crippen molar-refractivity contribution in [3.63, 3.8) is 0 Å². The molecular formula is C24H27NO4. The number of aromatic nitrogens is 1. The zero-order chi connectivity index (χ0) is 20.8. The van der Waals surface area contributed by atoms with Crippen LogP contribution in [0.5, 0.6) is 11.5 Å². The number of hydrogen-bond acceptors (Lipinski definition) is 3. The molecule has 3 aromatic rings. The molecule has 1 aromatic heterocycles. The van der Waals surface area contributed by atoms with E-state index < -0.39 is 5.97 Å². The number of benzene rings is 2. The van der Waals surface area contributed by atoms with Crippen molar-refractivity contribution in [1.82, 2.24) is 4.57 Å². The molecule has 0 amide bonds. The summed E-state index contributed by atoms with van der Waals surface area (Å²) in [4.78, 5) is 11.1. The largest absolute Gasteiger partial charge is 0.497 e. The Morgan fingerprint density at radius 2 is 1.69 bits per heavy atom. The fourth-order valence-electron chi connectivity index (χ4n) is 3.51. The van der Waals surface area contributed by atoms with Gasteiger partial charge in [-0.15, -0.1) is 0 Å². The molecule has 1 N–H and O–H groups in total. The number of carboxylic acid groups (broad SMARTS) is 1. The van der Waals surface area contributed by atoms with E-state index in [1.54, 1.807) is 7.11 Å². The highest BCUT2D eigenvalue weighted by Crippen LogP contribution is 2.27. The van der Waals surface area contributed by atoms with Gasteiger partial charge in [0.1, 0.15) is 18.1 Å². The Morgan fingerprint density at radius 3 is 2.31 bits per heavy atom. The summed E-state index contributed by atoms with van der Waals surface area (Å²) in [6, 6.07) is 18.0. The lowest BCUT2D eigenvalue weighted by molar-refractivity contribution is -0.136. The second kappa shape index (κ2) is 9.32. The average molecular weight is 393 g/mol. The van der Waals surface area contributed by atoms with Gasteiger partial charge in [0.2, 0.25) is 0 Å². The maximum atomic E-state index is 11.1. The lowest BCUT2D eigenvalue weighted by atomic mass is 10.1. The number of hydrogen-bond donors (Lipinski definition) is 1. The van der Waals surface area contributed by atoms with Crippen molar-refractivity contribution in [3.05, 3.63) is 71.4 Å². The van der Waals surface area contributed by atoms with Crippen LogP contribution < -0.4 is 9.47 Å². The highest BCUT2D eigenvalue weighted by atomic mass is 16.5. The Bertz CT molecular complexity index is 953. The van der Waals surface area contributed by atoms with Gasteiger partial charge in [0.25, 0.3) is 0 Å². The van der Waals surface area contributed by atoms with E-state index in [0.717, 1.165) is 39.6 Å². The zero-order valence-corrected chi connectivity index (χ0v) is 17.1. The maximum absolute atomic E-state index is 11.1. The molecule has 1 heterocycles. The van der Waals surface area contributed by atoms with E-state index in [1.807, 2.05) is 68.4 Å². The van der Waals surface area contributed by atoms with Gasteiger partial charge >= 0.3 is 5.97 Å². The number of nitrogens with zero attached hydrogens (tertiary/aromatic N) is 1. The van der Waals surface area contributed by atoms with Crippen LogP contribution >= 0.6 is 0 Å². The van der Waals surface area contributed by atoms with Gasteiger partial charge in [-0.2, -0.15) is 0 Å². The first kappa shape index (κ1) is 20.5. The lowest BCUT2D eigenvalue weighted by Crippen LogP contribution is -2.13. The smallest absolute Gasteiger partial charge is 0.303 e. The van der Waals surface area contributed by atoms with Crippen molar-refractivity contribution in [2.24, 2.45) is 0 Å². The summed E-state index contributed by atoms with van der Waals surface area (Å²) in [7, 11) is 1.65. The van der Waals surface area contributed by atoms with Crippen LogP contribution in [0.3, 0.4) is 0 Å². The topological polar surface area (TPSA) is 60.7 Å². The fourth-order valence-corrected chi connectivity index (χ4v) is 3.51. The van der Waals surface area contributed by atoms with Gasteiger partial charge in [0, 0.05) is 11.4 Å². The van der Waals surface area contributed by atoms with Crippen LogP contribution in [0.25, 0.3) is 11.3 Å². The van der Waals surface area contributed by atoms with E-state index in [9.17, 15) is 4.79 Å². The molecule has 29 heavy (non-hydrogen) atoms. The van der Waals surface area contributed by atoms with E-state index in [-0.39, 0.29) is 6.42 Å². The van der Waals surface area contributed by atoms with Crippen molar-refractivity contribution >= 4 is 5.97 Å². The fraction of sp³-hybridized carbons (Fsp3) is 0.292. The first-order chi connectivity index (χ1) is 14.0. The van der Waals surface area contributed by atoms with Crippen LogP contribution in [-0.2, 0) is 17.8 Å². The normalized spacial score (nSPS) is 10.7. The van der Waals surface area contributed by atoms with Crippen molar-refractivity contribution < 1.29 is 19.4 Å². The molecule has 0 aliphatic rings. The third-order valence-corrected chi connectivity index (χ3v) is 5.02. The number of carboxylic acids is 1. The van der Waals surface area contributed by atoms with Gasteiger partial charge in [0.05, 0.1) is 20.1 Å². The van der Waals surface area contributed by atoms with Gasteiger partial charge in [0.15, 0.2) is 0 Å². The minimum Gasteiger partial charge on any atom is -0.497 e. The summed E-state index contributed by atoms with van der Waals surface area (Å²) in [5.41, 5.74) is 5.30. The maximum Gasteiger partial charge on any atom is 0.303 e. The first-order valence-electron chi connectivity index (χ1n) is 9.73. The van der Waals surface area contributed by atoms with Crippen LogP contribution in [0, 0.1) is 13.8 Å². The Kier molecular flexibility index (Phi) is 6.60. The third-order valence-electron chi connectivity index (χ3n) is 5.02. The molecule has 152 valence electrons. The average Bonchev–Trinajstić information content (AvgIpc) is 3.11. The van der Waals surface area contributed by atoms with Crippen LogP contribution in [0.4, 0.5) is 0 Å². The Hall–Kier alpha value is -3.21. The lowest BCUT2D eigenvalue weighted by Gasteiger charge is -2.16. The minimum absolute atomic E-state index is 0.101. The number of para-hydroxylation sites is 1. The van der Waals surface area contributed by atoms with Crippen molar-refractivity contribution in [1.29, 1.82) is 0 Å². The molecule has 0 fully saturated rings. The molecule has 0 aliphatic heterocycles. The zero-order valence-electron chi connectivity index (χ0n) is 17.1. The predicted octanol–water partition coefficient (Wildman–Crippen LogP) is 4.88. The molecule has 2 aromatic carbocycles. The Balaban J connectivity index is 1.83. The third kappa shape index (κ3) is 4.99. The van der Waals surface area contributed by atoms with Crippen LogP contribution in [0.1, 0.15) is 23.2 Å². The Labute approximate surface area is 171 Å². The molecule has 0 saturated heterocycles. The SMILES string of the molecule is COc1ccc(-c2ccc(CCC(=O)O)n2CCOc2c(C)cccc2C)cc1. The summed E-state index contributed by atoms with van der Waals surface area (Å²) in [5.74, 6) is 0.921. The highest BCUT2D eigenvalue weighted by Gasteiger charge is 2.12. The molecule has 0 bridgehead atoms. The second-order valence-electron chi connectivity index (χ2n) is 7.05. The van der Waals surface area contributed by atoms with E-state index in [4.69, 9.17) is 14.6 Å². The number of rotatable bonds is 9. The molecule has 0 unspecified atom stereocenters. The molecule has 5 heteroatoms. The second-order valence-corrected chi connectivity index (χ2v) is 7.05. The Morgan fingerprint density at radius 1 is 1.00 bits per heavy atom. The van der Waals surface area contributed by atoms with Gasteiger partial charge in [-0.25, -0.2) is 0 Å². The van der Waals surface area contributed by atoms with Gasteiger partial charge in [-0.1, -0.05) is 18.2 Å². The molecule has 0 aliphatic carbocycles. The quantitative estimate of drug-likeness (QED) is 0.563. The van der Waals surface area contributed by atoms with Crippen LogP contribution in [0.15, 0.2) is 54.6 Å². The van der Waals surface area contributed by atoms with Gasteiger partial charge in [-0.05, 0) is 73.4 Å². The van der Waals surface area contributed by atoms with Crippen molar-refractivity contribution in [3.8, 4) is 22.8 Å².